The van der Waals surface area contributed by atoms with Crippen LogP contribution in [0.1, 0.15) is 26.7 Å². The summed E-state index contributed by atoms with van der Waals surface area (Å²) in [7, 11) is 0. The molecule has 0 aromatic carbocycles. The van der Waals surface area contributed by atoms with Crippen LogP contribution in [0.5, 0.6) is 0 Å². The molecule has 1 fully saturated rings. The molecule has 1 unspecified atom stereocenters. The summed E-state index contributed by atoms with van der Waals surface area (Å²) in [4.78, 5) is 11.6. The predicted molar refractivity (Wildman–Crippen MR) is 53.9 cm³/mol. The highest BCUT2D eigenvalue weighted by molar-refractivity contribution is 5.72. The average molecular weight is 198 g/mol. The summed E-state index contributed by atoms with van der Waals surface area (Å²) in [6.07, 6.45) is 1.38. The highest BCUT2D eigenvalue weighted by Crippen LogP contribution is 2.17. The molecule has 14 heavy (non-hydrogen) atoms. The highest BCUT2D eigenvalue weighted by Gasteiger charge is 2.24. The first kappa shape index (κ1) is 11.2. The number of esters is 1. The lowest BCUT2D eigenvalue weighted by atomic mass is 10.0. The van der Waals surface area contributed by atoms with Crippen LogP contribution in [-0.2, 0) is 14.3 Å². The molecule has 0 amide bonds. The Morgan fingerprint density at radius 2 is 2.07 bits per heavy atom. The van der Waals surface area contributed by atoms with Crippen LogP contribution in [0, 0.1) is 5.92 Å². The van der Waals surface area contributed by atoms with E-state index in [9.17, 15) is 4.79 Å². The molecule has 80 valence electrons. The number of hydrogen-bond acceptors (Lipinski definition) is 3. The molecule has 3 nitrogen and oxygen atoms in total. The SMILES string of the molecule is C=C(C)C(C)OC(=O)C1CCOCC1. The van der Waals surface area contributed by atoms with Gasteiger partial charge in [-0.1, -0.05) is 6.58 Å². The molecule has 1 heterocycles. The Bertz CT molecular complexity index is 217. The Morgan fingerprint density at radius 1 is 1.50 bits per heavy atom. The number of hydrogen-bond donors (Lipinski definition) is 0. The molecule has 1 aliphatic rings. The number of carbonyl (C=O) groups is 1. The zero-order valence-electron chi connectivity index (χ0n) is 8.91. The van der Waals surface area contributed by atoms with Crippen LogP contribution in [-0.4, -0.2) is 25.3 Å². The largest absolute Gasteiger partial charge is 0.458 e. The first-order valence-electron chi connectivity index (χ1n) is 5.05. The smallest absolute Gasteiger partial charge is 0.309 e. The summed E-state index contributed by atoms with van der Waals surface area (Å²) in [5.41, 5.74) is 0.880. The van der Waals surface area contributed by atoms with Gasteiger partial charge in [0.2, 0.25) is 0 Å². The van der Waals surface area contributed by atoms with Crippen LogP contribution in [0.25, 0.3) is 0 Å². The van der Waals surface area contributed by atoms with Crippen molar-refractivity contribution >= 4 is 5.97 Å². The predicted octanol–water partition coefficient (Wildman–Crippen LogP) is 1.92. The highest BCUT2D eigenvalue weighted by atomic mass is 16.5. The van der Waals surface area contributed by atoms with Gasteiger partial charge in [-0.15, -0.1) is 0 Å². The van der Waals surface area contributed by atoms with Gasteiger partial charge in [0.05, 0.1) is 5.92 Å². The van der Waals surface area contributed by atoms with E-state index in [0.717, 1.165) is 18.4 Å². The van der Waals surface area contributed by atoms with E-state index < -0.39 is 0 Å². The van der Waals surface area contributed by atoms with Gasteiger partial charge >= 0.3 is 5.97 Å². The molecule has 0 spiro atoms. The van der Waals surface area contributed by atoms with Crippen molar-refractivity contribution in [3.05, 3.63) is 12.2 Å². The van der Waals surface area contributed by atoms with Crippen molar-refractivity contribution in [2.75, 3.05) is 13.2 Å². The van der Waals surface area contributed by atoms with Crippen molar-refractivity contribution in [1.82, 2.24) is 0 Å². The molecule has 1 saturated heterocycles. The number of carbonyl (C=O) groups excluding carboxylic acids is 1. The molecule has 0 aromatic rings. The molecule has 0 N–H and O–H groups in total. The van der Waals surface area contributed by atoms with Crippen molar-refractivity contribution < 1.29 is 14.3 Å². The summed E-state index contributed by atoms with van der Waals surface area (Å²) in [5, 5.41) is 0. The van der Waals surface area contributed by atoms with Gasteiger partial charge in [0.25, 0.3) is 0 Å². The van der Waals surface area contributed by atoms with E-state index in [1.54, 1.807) is 0 Å². The van der Waals surface area contributed by atoms with Crippen molar-refractivity contribution in [2.45, 2.75) is 32.8 Å². The van der Waals surface area contributed by atoms with E-state index in [-0.39, 0.29) is 18.0 Å². The zero-order valence-corrected chi connectivity index (χ0v) is 8.91. The van der Waals surface area contributed by atoms with E-state index in [1.807, 2.05) is 13.8 Å². The monoisotopic (exact) mass is 198 g/mol. The van der Waals surface area contributed by atoms with Gasteiger partial charge in [-0.2, -0.15) is 0 Å². The molecule has 0 saturated carbocycles. The fourth-order valence-corrected chi connectivity index (χ4v) is 1.30. The van der Waals surface area contributed by atoms with Crippen molar-refractivity contribution in [3.8, 4) is 0 Å². The fourth-order valence-electron chi connectivity index (χ4n) is 1.30. The van der Waals surface area contributed by atoms with E-state index >= 15 is 0 Å². The van der Waals surface area contributed by atoms with Crippen LogP contribution in [0.3, 0.4) is 0 Å². The number of ether oxygens (including phenoxy) is 2. The maximum Gasteiger partial charge on any atom is 0.309 e. The molecule has 1 atom stereocenters. The van der Waals surface area contributed by atoms with Gasteiger partial charge in [0, 0.05) is 13.2 Å². The van der Waals surface area contributed by atoms with Crippen LogP contribution in [0.2, 0.25) is 0 Å². The van der Waals surface area contributed by atoms with Gasteiger partial charge in [0.15, 0.2) is 0 Å². The second-order valence-electron chi connectivity index (χ2n) is 3.81. The van der Waals surface area contributed by atoms with E-state index in [1.165, 1.54) is 0 Å². The summed E-state index contributed by atoms with van der Waals surface area (Å²) in [6, 6.07) is 0. The molecule has 0 aliphatic carbocycles. The van der Waals surface area contributed by atoms with Gasteiger partial charge in [-0.25, -0.2) is 0 Å². The van der Waals surface area contributed by atoms with Gasteiger partial charge in [-0.3, -0.25) is 4.79 Å². The number of rotatable bonds is 3. The summed E-state index contributed by atoms with van der Waals surface area (Å²) < 4.78 is 10.4. The van der Waals surface area contributed by atoms with Crippen LogP contribution >= 0.6 is 0 Å². The minimum absolute atomic E-state index is 0.0190. The van der Waals surface area contributed by atoms with E-state index in [2.05, 4.69) is 6.58 Å². The van der Waals surface area contributed by atoms with Gasteiger partial charge < -0.3 is 9.47 Å². The fraction of sp³-hybridized carbons (Fsp3) is 0.727. The van der Waals surface area contributed by atoms with Crippen molar-refractivity contribution in [1.29, 1.82) is 0 Å². The standard InChI is InChI=1S/C11H18O3/c1-8(2)9(3)14-11(12)10-4-6-13-7-5-10/h9-10H,1,4-7H2,2-3H3. The quantitative estimate of drug-likeness (QED) is 0.513. The second kappa shape index (κ2) is 5.15. The van der Waals surface area contributed by atoms with Crippen molar-refractivity contribution in [3.63, 3.8) is 0 Å². The molecule has 3 heteroatoms. The topological polar surface area (TPSA) is 35.5 Å². The average Bonchev–Trinajstić information content (AvgIpc) is 2.19. The Morgan fingerprint density at radius 3 is 2.57 bits per heavy atom. The third kappa shape index (κ3) is 3.14. The molecule has 1 aliphatic heterocycles. The second-order valence-corrected chi connectivity index (χ2v) is 3.81. The van der Waals surface area contributed by atoms with E-state index in [0.29, 0.717) is 13.2 Å². The molecule has 0 radical (unpaired) electrons. The van der Waals surface area contributed by atoms with Crippen LogP contribution in [0.15, 0.2) is 12.2 Å². The lowest BCUT2D eigenvalue weighted by Crippen LogP contribution is -2.28. The maximum absolute atomic E-state index is 11.6. The van der Waals surface area contributed by atoms with Gasteiger partial charge in [-0.05, 0) is 32.3 Å². The van der Waals surface area contributed by atoms with Gasteiger partial charge in [0.1, 0.15) is 6.10 Å². The van der Waals surface area contributed by atoms with E-state index in [4.69, 9.17) is 9.47 Å². The minimum Gasteiger partial charge on any atom is -0.458 e. The third-order valence-electron chi connectivity index (χ3n) is 2.54. The molecular formula is C11H18O3. The normalized spacial score (nSPS) is 20.1. The Balaban J connectivity index is 2.36. The first-order valence-corrected chi connectivity index (χ1v) is 5.05. The Labute approximate surface area is 85.1 Å². The summed E-state index contributed by atoms with van der Waals surface area (Å²) in [6.45, 7) is 8.80. The lowest BCUT2D eigenvalue weighted by Gasteiger charge is -2.22. The molecule has 0 bridgehead atoms. The molecule has 1 rings (SSSR count). The first-order chi connectivity index (χ1) is 6.61. The Hall–Kier alpha value is -0.830. The maximum atomic E-state index is 11.6. The molecular weight excluding hydrogens is 180 g/mol. The lowest BCUT2D eigenvalue weighted by molar-refractivity contribution is -0.154. The Kier molecular flexibility index (Phi) is 4.14. The minimum atomic E-state index is -0.176. The zero-order chi connectivity index (χ0) is 10.6. The summed E-state index contributed by atoms with van der Waals surface area (Å²) >= 11 is 0. The third-order valence-corrected chi connectivity index (χ3v) is 2.54. The van der Waals surface area contributed by atoms with Crippen LogP contribution in [0.4, 0.5) is 0 Å². The summed E-state index contributed by atoms with van der Waals surface area (Å²) in [5.74, 6) is -0.0886. The van der Waals surface area contributed by atoms with Crippen molar-refractivity contribution in [2.24, 2.45) is 5.92 Å². The van der Waals surface area contributed by atoms with Crippen LogP contribution < -0.4 is 0 Å². The molecule has 0 aromatic heterocycles.